The SMILES string of the molecule is CCOc1cc(C(CC(=O)O)N2C(=O)c3cccc(NC(C)=O)c3C2=O)ccc1OC. The van der Waals surface area contributed by atoms with Crippen LogP contribution in [-0.2, 0) is 9.59 Å². The lowest BCUT2D eigenvalue weighted by Crippen LogP contribution is -2.35. The lowest BCUT2D eigenvalue weighted by Gasteiger charge is -2.26. The van der Waals surface area contributed by atoms with E-state index in [2.05, 4.69) is 5.32 Å². The molecule has 162 valence electrons. The number of nitrogens with zero attached hydrogens (tertiary/aromatic N) is 1. The summed E-state index contributed by atoms with van der Waals surface area (Å²) in [7, 11) is 1.47. The first-order chi connectivity index (χ1) is 14.8. The normalized spacial score (nSPS) is 13.6. The second-order valence-electron chi connectivity index (χ2n) is 6.85. The van der Waals surface area contributed by atoms with Gasteiger partial charge in [0.05, 0.1) is 43.0 Å². The van der Waals surface area contributed by atoms with Gasteiger partial charge in [0, 0.05) is 6.92 Å². The van der Waals surface area contributed by atoms with Gasteiger partial charge >= 0.3 is 5.97 Å². The van der Waals surface area contributed by atoms with Crippen molar-refractivity contribution in [3.8, 4) is 11.5 Å². The van der Waals surface area contributed by atoms with E-state index in [4.69, 9.17) is 9.47 Å². The second-order valence-corrected chi connectivity index (χ2v) is 6.85. The van der Waals surface area contributed by atoms with Gasteiger partial charge in [-0.05, 0) is 36.8 Å². The number of rotatable bonds is 8. The molecule has 0 aromatic heterocycles. The van der Waals surface area contributed by atoms with Crippen LogP contribution in [0.5, 0.6) is 11.5 Å². The number of hydrogen-bond donors (Lipinski definition) is 2. The first kappa shape index (κ1) is 21.8. The standard InChI is InChI=1S/C22H22N2O7/c1-4-31-18-10-13(8-9-17(18)30-3)16(11-19(26)27)24-21(28)14-6-5-7-15(23-12(2)25)20(14)22(24)29/h5-10,16H,4,11H2,1-3H3,(H,23,25)(H,26,27). The van der Waals surface area contributed by atoms with Gasteiger partial charge in [-0.15, -0.1) is 0 Å². The van der Waals surface area contributed by atoms with Gasteiger partial charge in [0.25, 0.3) is 11.8 Å². The molecule has 0 fully saturated rings. The zero-order chi connectivity index (χ0) is 22.7. The zero-order valence-corrected chi connectivity index (χ0v) is 17.3. The van der Waals surface area contributed by atoms with Crippen molar-refractivity contribution in [2.45, 2.75) is 26.3 Å². The van der Waals surface area contributed by atoms with E-state index in [1.807, 2.05) is 0 Å². The number of amides is 3. The maximum absolute atomic E-state index is 13.2. The first-order valence-electron chi connectivity index (χ1n) is 9.59. The van der Waals surface area contributed by atoms with E-state index in [-0.39, 0.29) is 16.8 Å². The van der Waals surface area contributed by atoms with Crippen LogP contribution < -0.4 is 14.8 Å². The smallest absolute Gasteiger partial charge is 0.305 e. The van der Waals surface area contributed by atoms with Crippen LogP contribution >= 0.6 is 0 Å². The summed E-state index contributed by atoms with van der Waals surface area (Å²) >= 11 is 0. The molecule has 1 aliphatic heterocycles. The van der Waals surface area contributed by atoms with Gasteiger partial charge in [0.1, 0.15) is 0 Å². The van der Waals surface area contributed by atoms with Crippen molar-refractivity contribution in [1.82, 2.24) is 4.90 Å². The molecule has 0 radical (unpaired) electrons. The Morgan fingerprint density at radius 2 is 1.87 bits per heavy atom. The van der Waals surface area contributed by atoms with Gasteiger partial charge in [-0.25, -0.2) is 0 Å². The highest BCUT2D eigenvalue weighted by Crippen LogP contribution is 2.39. The van der Waals surface area contributed by atoms with Crippen molar-refractivity contribution in [3.05, 3.63) is 53.1 Å². The van der Waals surface area contributed by atoms with Crippen molar-refractivity contribution < 1.29 is 33.8 Å². The van der Waals surface area contributed by atoms with Gasteiger partial charge in [0.15, 0.2) is 11.5 Å². The molecular weight excluding hydrogens is 404 g/mol. The highest BCUT2D eigenvalue weighted by Gasteiger charge is 2.43. The number of carboxylic acids is 1. The topological polar surface area (TPSA) is 122 Å². The summed E-state index contributed by atoms with van der Waals surface area (Å²) in [4.78, 5) is 50.4. The highest BCUT2D eigenvalue weighted by molar-refractivity contribution is 6.24. The summed E-state index contributed by atoms with van der Waals surface area (Å²) in [6, 6.07) is 8.20. The van der Waals surface area contributed by atoms with Crippen molar-refractivity contribution in [3.63, 3.8) is 0 Å². The minimum atomic E-state index is -1.18. The molecule has 9 heteroatoms. The molecule has 0 saturated heterocycles. The fourth-order valence-corrected chi connectivity index (χ4v) is 3.57. The van der Waals surface area contributed by atoms with Gasteiger partial charge in [-0.2, -0.15) is 0 Å². The Labute approximate surface area is 178 Å². The number of ether oxygens (including phenoxy) is 2. The Bertz CT molecular complexity index is 1060. The number of carboxylic acid groups (broad SMARTS) is 1. The molecule has 9 nitrogen and oxygen atoms in total. The highest BCUT2D eigenvalue weighted by atomic mass is 16.5. The van der Waals surface area contributed by atoms with E-state index >= 15 is 0 Å². The third kappa shape index (κ3) is 4.20. The molecule has 2 N–H and O–H groups in total. The number of hydrogen-bond acceptors (Lipinski definition) is 6. The molecule has 2 aromatic carbocycles. The number of anilines is 1. The van der Waals surface area contributed by atoms with Crippen LogP contribution in [0.4, 0.5) is 5.69 Å². The monoisotopic (exact) mass is 426 g/mol. The van der Waals surface area contributed by atoms with Crippen LogP contribution in [0.15, 0.2) is 36.4 Å². The molecule has 0 saturated carbocycles. The van der Waals surface area contributed by atoms with E-state index in [1.54, 1.807) is 31.2 Å². The number of methoxy groups -OCH3 is 1. The van der Waals surface area contributed by atoms with E-state index < -0.39 is 36.2 Å². The summed E-state index contributed by atoms with van der Waals surface area (Å²) in [5, 5.41) is 12.0. The fourth-order valence-electron chi connectivity index (χ4n) is 3.57. The van der Waals surface area contributed by atoms with Gasteiger partial charge in [-0.1, -0.05) is 12.1 Å². The van der Waals surface area contributed by atoms with Crippen molar-refractivity contribution in [2.24, 2.45) is 0 Å². The Balaban J connectivity index is 2.09. The Morgan fingerprint density at radius 1 is 1.13 bits per heavy atom. The van der Waals surface area contributed by atoms with Gasteiger partial charge in [0.2, 0.25) is 5.91 Å². The maximum Gasteiger partial charge on any atom is 0.305 e. The van der Waals surface area contributed by atoms with E-state index in [0.717, 1.165) is 4.90 Å². The summed E-state index contributed by atoms with van der Waals surface area (Å²) in [5.41, 5.74) is 0.744. The van der Waals surface area contributed by atoms with Crippen molar-refractivity contribution in [2.75, 3.05) is 19.0 Å². The zero-order valence-electron chi connectivity index (χ0n) is 17.3. The molecule has 0 bridgehead atoms. The predicted octanol–water partition coefficient (Wildman–Crippen LogP) is 2.86. The third-order valence-corrected chi connectivity index (χ3v) is 4.81. The number of imide groups is 1. The van der Waals surface area contributed by atoms with Gasteiger partial charge < -0.3 is 19.9 Å². The average molecular weight is 426 g/mol. The van der Waals surface area contributed by atoms with Crippen molar-refractivity contribution in [1.29, 1.82) is 0 Å². The number of carbonyl (C=O) groups excluding carboxylic acids is 3. The molecular formula is C22H22N2O7. The van der Waals surface area contributed by atoms with Crippen LogP contribution in [0.1, 0.15) is 52.6 Å². The largest absolute Gasteiger partial charge is 0.493 e. The first-order valence-corrected chi connectivity index (χ1v) is 9.59. The van der Waals surface area contributed by atoms with Crippen LogP contribution in [0, 0.1) is 0 Å². The predicted molar refractivity (Wildman–Crippen MR) is 110 cm³/mol. The molecule has 3 rings (SSSR count). The van der Waals surface area contributed by atoms with Crippen LogP contribution in [0.25, 0.3) is 0 Å². The molecule has 31 heavy (non-hydrogen) atoms. The molecule has 3 amide bonds. The van der Waals surface area contributed by atoms with Crippen LogP contribution in [-0.4, -0.2) is 47.4 Å². The molecule has 2 aromatic rings. The van der Waals surface area contributed by atoms with Crippen molar-refractivity contribution >= 4 is 29.4 Å². The summed E-state index contributed by atoms with van der Waals surface area (Å²) in [6.07, 6.45) is -0.501. The Morgan fingerprint density at radius 3 is 2.48 bits per heavy atom. The Hall–Kier alpha value is -3.88. The average Bonchev–Trinajstić information content (AvgIpc) is 2.97. The lowest BCUT2D eigenvalue weighted by atomic mass is 10.0. The van der Waals surface area contributed by atoms with Crippen LogP contribution in [0.2, 0.25) is 0 Å². The third-order valence-electron chi connectivity index (χ3n) is 4.81. The number of nitrogens with one attached hydrogen (secondary N) is 1. The van der Waals surface area contributed by atoms with E-state index in [1.165, 1.54) is 26.2 Å². The quantitative estimate of drug-likeness (QED) is 0.622. The molecule has 1 atom stereocenters. The second kappa shape index (κ2) is 8.86. The van der Waals surface area contributed by atoms with Gasteiger partial charge in [-0.3, -0.25) is 24.1 Å². The molecule has 0 aliphatic carbocycles. The maximum atomic E-state index is 13.2. The minimum Gasteiger partial charge on any atom is -0.493 e. The van der Waals surface area contributed by atoms with E-state index in [9.17, 15) is 24.3 Å². The molecule has 1 unspecified atom stereocenters. The molecule has 1 aliphatic rings. The number of fused-ring (bicyclic) bond motifs is 1. The summed E-state index contributed by atoms with van der Waals surface area (Å²) in [5.74, 6) is -2.08. The minimum absolute atomic E-state index is 0.0385. The lowest BCUT2D eigenvalue weighted by molar-refractivity contribution is -0.138. The Kier molecular flexibility index (Phi) is 6.24. The number of aliphatic carboxylic acids is 1. The molecule has 1 heterocycles. The molecule has 0 spiro atoms. The fraction of sp³-hybridized carbons (Fsp3) is 0.273. The number of carbonyl (C=O) groups is 4. The summed E-state index contributed by atoms with van der Waals surface area (Å²) in [6.45, 7) is 3.42. The van der Waals surface area contributed by atoms with E-state index in [0.29, 0.717) is 23.7 Å². The number of benzene rings is 2. The van der Waals surface area contributed by atoms with Crippen LogP contribution in [0.3, 0.4) is 0 Å². The summed E-state index contributed by atoms with van der Waals surface area (Å²) < 4.78 is 10.8.